The van der Waals surface area contributed by atoms with Gasteiger partial charge < -0.3 is 19.3 Å². The summed E-state index contributed by atoms with van der Waals surface area (Å²) in [5.41, 5.74) is -1.34. The number of aliphatic carboxylic acids is 1. The molecule has 5 atom stereocenters. The predicted octanol–water partition coefficient (Wildman–Crippen LogP) is 2.64. The number of hydrogen-bond donors (Lipinski definition) is 1. The maximum absolute atomic E-state index is 12.3. The van der Waals surface area contributed by atoms with E-state index in [-0.39, 0.29) is 31.0 Å². The molecule has 0 spiro atoms. The van der Waals surface area contributed by atoms with Crippen molar-refractivity contribution in [2.75, 3.05) is 13.2 Å². The number of allylic oxidation sites excluding steroid dienone is 1. The maximum Gasteiger partial charge on any atom is 0.313 e. The molecule has 7 nitrogen and oxygen atoms in total. The fraction of sp³-hybridized carbons (Fsp3) is 0.750. The standard InChI is InChI=1S/C20H30O7/c1-19(2,3)17(23)26-9-11-7-8-12-13(15(21)22)10-25-16(14(11)12)27-18(24)20(4,5)6/h7-8,11-14,16H,9-10H2,1-6H3,(H,21,22)/t11-,12?,13?,14?,16?/m1/s1. The third kappa shape index (κ3) is 4.89. The van der Waals surface area contributed by atoms with Gasteiger partial charge in [0.2, 0.25) is 6.29 Å². The molecule has 152 valence electrons. The molecule has 0 aromatic rings. The summed E-state index contributed by atoms with van der Waals surface area (Å²) in [4.78, 5) is 36.0. The summed E-state index contributed by atoms with van der Waals surface area (Å²) in [6.45, 7) is 10.6. The topological polar surface area (TPSA) is 99.1 Å². The van der Waals surface area contributed by atoms with Crippen LogP contribution >= 0.6 is 0 Å². The number of carbonyl (C=O) groups is 3. The van der Waals surface area contributed by atoms with Gasteiger partial charge in [-0.05, 0) is 41.5 Å². The molecule has 0 bridgehead atoms. The largest absolute Gasteiger partial charge is 0.481 e. The van der Waals surface area contributed by atoms with Crippen LogP contribution in [0.5, 0.6) is 0 Å². The molecule has 2 aliphatic rings. The van der Waals surface area contributed by atoms with E-state index in [2.05, 4.69) is 0 Å². The fourth-order valence-electron chi connectivity index (χ4n) is 3.21. The van der Waals surface area contributed by atoms with Gasteiger partial charge in [0.15, 0.2) is 0 Å². The number of carbonyl (C=O) groups excluding carboxylic acids is 2. The Morgan fingerprint density at radius 1 is 1.04 bits per heavy atom. The number of esters is 2. The first-order valence-corrected chi connectivity index (χ1v) is 9.23. The molecule has 2 rings (SSSR count). The van der Waals surface area contributed by atoms with Gasteiger partial charge in [-0.15, -0.1) is 0 Å². The normalized spacial score (nSPS) is 30.5. The van der Waals surface area contributed by atoms with Gasteiger partial charge in [-0.1, -0.05) is 12.2 Å². The summed E-state index contributed by atoms with van der Waals surface area (Å²) in [6.07, 6.45) is 2.79. The van der Waals surface area contributed by atoms with E-state index in [0.29, 0.717) is 0 Å². The molecule has 7 heteroatoms. The molecule has 1 fully saturated rings. The molecule has 0 saturated carbocycles. The second-order valence-corrected chi connectivity index (χ2v) is 9.35. The Morgan fingerprint density at radius 2 is 1.63 bits per heavy atom. The molecule has 1 aliphatic carbocycles. The van der Waals surface area contributed by atoms with Gasteiger partial charge in [-0.3, -0.25) is 14.4 Å². The van der Waals surface area contributed by atoms with Crippen LogP contribution in [0.15, 0.2) is 12.2 Å². The van der Waals surface area contributed by atoms with Gasteiger partial charge in [0.25, 0.3) is 0 Å². The van der Waals surface area contributed by atoms with Crippen molar-refractivity contribution >= 4 is 17.9 Å². The lowest BCUT2D eigenvalue weighted by molar-refractivity contribution is -0.231. The van der Waals surface area contributed by atoms with E-state index in [1.54, 1.807) is 41.5 Å². The Morgan fingerprint density at radius 3 is 2.15 bits per heavy atom. The average Bonchev–Trinajstić information content (AvgIpc) is 2.94. The summed E-state index contributed by atoms with van der Waals surface area (Å²) in [7, 11) is 0. The number of fused-ring (bicyclic) bond motifs is 1. The van der Waals surface area contributed by atoms with Crippen molar-refractivity contribution in [2.24, 2.45) is 34.5 Å². The van der Waals surface area contributed by atoms with Crippen molar-refractivity contribution in [1.82, 2.24) is 0 Å². The third-order valence-corrected chi connectivity index (χ3v) is 4.91. The van der Waals surface area contributed by atoms with Crippen LogP contribution in [-0.4, -0.2) is 42.5 Å². The van der Waals surface area contributed by atoms with Gasteiger partial charge in [-0.2, -0.15) is 0 Å². The van der Waals surface area contributed by atoms with Crippen LogP contribution in [0.1, 0.15) is 41.5 Å². The van der Waals surface area contributed by atoms with Crippen molar-refractivity contribution in [1.29, 1.82) is 0 Å². The zero-order valence-electron chi connectivity index (χ0n) is 16.9. The van der Waals surface area contributed by atoms with E-state index in [1.165, 1.54) is 0 Å². The smallest absolute Gasteiger partial charge is 0.313 e. The number of rotatable bonds is 4. The molecule has 27 heavy (non-hydrogen) atoms. The average molecular weight is 382 g/mol. The predicted molar refractivity (Wildman–Crippen MR) is 96.4 cm³/mol. The highest BCUT2D eigenvalue weighted by atomic mass is 16.7. The molecule has 1 heterocycles. The molecule has 0 amide bonds. The zero-order valence-corrected chi connectivity index (χ0v) is 16.9. The Labute approximate surface area is 160 Å². The molecule has 0 radical (unpaired) electrons. The number of carboxylic acids is 1. The summed E-state index contributed by atoms with van der Waals surface area (Å²) in [6, 6.07) is 0. The van der Waals surface area contributed by atoms with Gasteiger partial charge in [0.05, 0.1) is 30.0 Å². The number of hydrogen-bond acceptors (Lipinski definition) is 6. The minimum absolute atomic E-state index is 0.0303. The van der Waals surface area contributed by atoms with Gasteiger partial charge >= 0.3 is 17.9 Å². The first kappa shape index (κ1) is 21.4. The summed E-state index contributed by atoms with van der Waals surface area (Å²) < 4.78 is 16.6. The fourth-order valence-corrected chi connectivity index (χ4v) is 3.21. The SMILES string of the molecule is CC(C)(C)C(=O)OC[C@H]1C=CC2C(C(=O)O)COC(OC(=O)C(C)(C)C)C21. The molecule has 4 unspecified atom stereocenters. The number of ether oxygens (including phenoxy) is 3. The van der Waals surface area contributed by atoms with E-state index in [9.17, 15) is 19.5 Å². The second kappa shape index (κ2) is 7.62. The lowest BCUT2D eigenvalue weighted by Gasteiger charge is -2.40. The molecular weight excluding hydrogens is 352 g/mol. The van der Waals surface area contributed by atoms with Crippen molar-refractivity contribution in [3.05, 3.63) is 12.2 Å². The summed E-state index contributed by atoms with van der Waals surface area (Å²) >= 11 is 0. The monoisotopic (exact) mass is 382 g/mol. The van der Waals surface area contributed by atoms with Crippen molar-refractivity contribution in [2.45, 2.75) is 47.8 Å². The van der Waals surface area contributed by atoms with Crippen LogP contribution in [0.2, 0.25) is 0 Å². The highest BCUT2D eigenvalue weighted by Crippen LogP contribution is 2.44. The molecule has 1 saturated heterocycles. The Balaban J connectivity index is 2.16. The van der Waals surface area contributed by atoms with Crippen LogP contribution in [0.25, 0.3) is 0 Å². The minimum atomic E-state index is -0.956. The van der Waals surface area contributed by atoms with Crippen molar-refractivity contribution in [3.63, 3.8) is 0 Å². The van der Waals surface area contributed by atoms with E-state index in [1.807, 2.05) is 12.2 Å². The van der Waals surface area contributed by atoms with Crippen molar-refractivity contribution < 1.29 is 33.7 Å². The van der Waals surface area contributed by atoms with Gasteiger partial charge in [0, 0.05) is 17.8 Å². The molecule has 0 aromatic heterocycles. The Bertz CT molecular complexity index is 623. The quantitative estimate of drug-likeness (QED) is 0.589. The van der Waals surface area contributed by atoms with E-state index >= 15 is 0 Å². The number of carboxylic acid groups (broad SMARTS) is 1. The summed E-state index contributed by atoms with van der Waals surface area (Å²) in [5, 5.41) is 9.49. The van der Waals surface area contributed by atoms with Crippen LogP contribution in [0.3, 0.4) is 0 Å². The highest BCUT2D eigenvalue weighted by molar-refractivity contribution is 5.76. The van der Waals surface area contributed by atoms with Crippen LogP contribution < -0.4 is 0 Å². The van der Waals surface area contributed by atoms with Crippen LogP contribution in [-0.2, 0) is 28.6 Å². The van der Waals surface area contributed by atoms with Gasteiger partial charge in [0.1, 0.15) is 0 Å². The third-order valence-electron chi connectivity index (χ3n) is 4.91. The van der Waals surface area contributed by atoms with Crippen LogP contribution in [0.4, 0.5) is 0 Å². The molecular formula is C20H30O7. The Hall–Kier alpha value is -1.89. The molecule has 0 aromatic carbocycles. The first-order valence-electron chi connectivity index (χ1n) is 9.23. The Kier molecular flexibility index (Phi) is 6.04. The highest BCUT2D eigenvalue weighted by Gasteiger charge is 2.50. The van der Waals surface area contributed by atoms with Gasteiger partial charge in [-0.25, -0.2) is 0 Å². The molecule has 1 aliphatic heterocycles. The lowest BCUT2D eigenvalue weighted by atomic mass is 9.78. The second-order valence-electron chi connectivity index (χ2n) is 9.35. The zero-order chi connectivity index (χ0) is 20.6. The first-order chi connectivity index (χ1) is 12.3. The minimum Gasteiger partial charge on any atom is -0.481 e. The van der Waals surface area contributed by atoms with E-state index in [0.717, 1.165) is 0 Å². The van der Waals surface area contributed by atoms with E-state index < -0.39 is 40.9 Å². The molecule has 1 N–H and O–H groups in total. The van der Waals surface area contributed by atoms with Crippen LogP contribution in [0, 0.1) is 34.5 Å². The lowest BCUT2D eigenvalue weighted by Crippen LogP contribution is -2.48. The van der Waals surface area contributed by atoms with Crippen molar-refractivity contribution in [3.8, 4) is 0 Å². The summed E-state index contributed by atoms with van der Waals surface area (Å²) in [5.74, 6) is -3.46. The maximum atomic E-state index is 12.3. The van der Waals surface area contributed by atoms with E-state index in [4.69, 9.17) is 14.2 Å².